The van der Waals surface area contributed by atoms with Crippen molar-refractivity contribution in [2.24, 2.45) is 0 Å². The molecule has 0 saturated carbocycles. The van der Waals surface area contributed by atoms with E-state index in [1.54, 1.807) is 0 Å². The lowest BCUT2D eigenvalue weighted by atomic mass is 10.1. The average molecular weight is 221 g/mol. The first-order chi connectivity index (χ1) is 7.77. The molecule has 3 rings (SSSR count). The van der Waals surface area contributed by atoms with Crippen molar-refractivity contribution in [2.75, 3.05) is 0 Å². The van der Waals surface area contributed by atoms with Crippen LogP contribution in [0.3, 0.4) is 0 Å². The van der Waals surface area contributed by atoms with Gasteiger partial charge in [0.15, 0.2) is 0 Å². The molecule has 0 fully saturated rings. The zero-order chi connectivity index (χ0) is 11.1. The van der Waals surface area contributed by atoms with E-state index in [1.165, 1.54) is 18.2 Å². The number of benzene rings is 1. The van der Waals surface area contributed by atoms with Crippen LogP contribution in [-0.4, -0.2) is 10.2 Å². The smallest absolute Gasteiger partial charge is 0.135 e. The quantitative estimate of drug-likeness (QED) is 0.772. The van der Waals surface area contributed by atoms with Crippen LogP contribution in [0.5, 0.6) is 0 Å². The highest BCUT2D eigenvalue weighted by molar-refractivity contribution is 5.65. The van der Waals surface area contributed by atoms with E-state index in [0.717, 1.165) is 11.3 Å². The normalized spacial score (nSPS) is 14.1. The third kappa shape index (κ3) is 1.25. The van der Waals surface area contributed by atoms with Crippen molar-refractivity contribution in [2.45, 2.75) is 13.1 Å². The second-order valence-electron chi connectivity index (χ2n) is 3.73. The number of fused-ring (bicyclic) bond motifs is 1. The summed E-state index contributed by atoms with van der Waals surface area (Å²) < 4.78 is 27.1. The lowest BCUT2D eigenvalue weighted by Crippen LogP contribution is -2.03. The third-order valence-corrected chi connectivity index (χ3v) is 2.76. The second-order valence-corrected chi connectivity index (χ2v) is 3.73. The van der Waals surface area contributed by atoms with Crippen LogP contribution in [-0.2, 0) is 13.1 Å². The number of H-pyrrole nitrogens is 1. The van der Waals surface area contributed by atoms with E-state index >= 15 is 0 Å². The molecule has 2 heterocycles. The van der Waals surface area contributed by atoms with Crippen LogP contribution in [0.1, 0.15) is 11.3 Å². The van der Waals surface area contributed by atoms with Crippen molar-refractivity contribution in [1.82, 2.24) is 15.5 Å². The maximum absolute atomic E-state index is 13.6. The van der Waals surface area contributed by atoms with Crippen molar-refractivity contribution >= 4 is 0 Å². The van der Waals surface area contributed by atoms with Gasteiger partial charge in [0.2, 0.25) is 0 Å². The van der Waals surface area contributed by atoms with E-state index in [2.05, 4.69) is 15.5 Å². The number of hydrogen-bond acceptors (Lipinski definition) is 2. The molecule has 0 amide bonds. The van der Waals surface area contributed by atoms with Crippen molar-refractivity contribution in [1.29, 1.82) is 0 Å². The van der Waals surface area contributed by atoms with Crippen molar-refractivity contribution in [3.63, 3.8) is 0 Å². The molecular formula is C11H9F2N3. The van der Waals surface area contributed by atoms with Crippen LogP contribution in [0.25, 0.3) is 11.3 Å². The van der Waals surface area contributed by atoms with E-state index < -0.39 is 11.6 Å². The summed E-state index contributed by atoms with van der Waals surface area (Å²) in [6.07, 6.45) is 0. The summed E-state index contributed by atoms with van der Waals surface area (Å²) in [5, 5.41) is 9.88. The molecule has 2 N–H and O–H groups in total. The van der Waals surface area contributed by atoms with Gasteiger partial charge in [0.1, 0.15) is 17.3 Å². The molecule has 0 atom stereocenters. The molecule has 0 aliphatic carbocycles. The van der Waals surface area contributed by atoms with Gasteiger partial charge in [0, 0.05) is 18.7 Å². The Bertz CT molecular complexity index is 528. The zero-order valence-electron chi connectivity index (χ0n) is 8.35. The Morgan fingerprint density at radius 3 is 2.62 bits per heavy atom. The Hall–Kier alpha value is -1.75. The van der Waals surface area contributed by atoms with E-state index in [1.807, 2.05) is 0 Å². The van der Waals surface area contributed by atoms with Gasteiger partial charge in [-0.2, -0.15) is 5.10 Å². The van der Waals surface area contributed by atoms with Gasteiger partial charge in [-0.05, 0) is 12.1 Å². The van der Waals surface area contributed by atoms with E-state index in [-0.39, 0.29) is 5.56 Å². The molecule has 2 aromatic rings. The van der Waals surface area contributed by atoms with Gasteiger partial charge < -0.3 is 5.32 Å². The second kappa shape index (κ2) is 3.38. The van der Waals surface area contributed by atoms with Crippen LogP contribution >= 0.6 is 0 Å². The molecule has 3 nitrogen and oxygen atoms in total. The molecule has 0 unspecified atom stereocenters. The van der Waals surface area contributed by atoms with Gasteiger partial charge in [-0.3, -0.25) is 5.10 Å². The summed E-state index contributed by atoms with van der Waals surface area (Å²) >= 11 is 0. The number of nitrogens with one attached hydrogen (secondary N) is 2. The van der Waals surface area contributed by atoms with Crippen LogP contribution in [0.4, 0.5) is 8.78 Å². The Balaban J connectivity index is 2.22. The van der Waals surface area contributed by atoms with Gasteiger partial charge in [-0.25, -0.2) is 8.78 Å². The van der Waals surface area contributed by atoms with Crippen LogP contribution in [0.2, 0.25) is 0 Å². The highest BCUT2D eigenvalue weighted by atomic mass is 19.1. The minimum absolute atomic E-state index is 0.0521. The first-order valence-corrected chi connectivity index (χ1v) is 4.98. The Labute approximate surface area is 90.5 Å². The number of nitrogens with zero attached hydrogens (tertiary/aromatic N) is 1. The summed E-state index contributed by atoms with van der Waals surface area (Å²) in [7, 11) is 0. The molecule has 0 spiro atoms. The fourth-order valence-corrected chi connectivity index (χ4v) is 1.98. The van der Waals surface area contributed by atoms with Crippen LogP contribution in [0.15, 0.2) is 18.2 Å². The molecule has 1 aromatic heterocycles. The van der Waals surface area contributed by atoms with Gasteiger partial charge >= 0.3 is 0 Å². The topological polar surface area (TPSA) is 40.7 Å². The molecule has 16 heavy (non-hydrogen) atoms. The predicted octanol–water partition coefficient (Wildman–Crippen LogP) is 1.96. The minimum atomic E-state index is -0.582. The summed E-state index contributed by atoms with van der Waals surface area (Å²) in [5.74, 6) is -1.16. The molecule has 5 heteroatoms. The maximum Gasteiger partial charge on any atom is 0.135 e. The number of halogens is 2. The standard InChI is InChI=1S/C11H9F2N3/c12-7-2-1-3-8(13)10(7)11-6-4-14-5-9(6)15-16-11/h1-3,14H,4-5H2,(H,15,16). The molecule has 0 saturated heterocycles. The molecule has 0 radical (unpaired) electrons. The number of rotatable bonds is 1. The highest BCUT2D eigenvalue weighted by Crippen LogP contribution is 2.30. The Kier molecular flexibility index (Phi) is 2.00. The molecular weight excluding hydrogens is 212 g/mol. The number of aromatic amines is 1. The number of aromatic nitrogens is 2. The highest BCUT2D eigenvalue weighted by Gasteiger charge is 2.23. The Morgan fingerprint density at radius 2 is 1.88 bits per heavy atom. The fourth-order valence-electron chi connectivity index (χ4n) is 1.98. The fraction of sp³-hybridized carbons (Fsp3) is 0.182. The van der Waals surface area contributed by atoms with E-state index in [0.29, 0.717) is 18.8 Å². The SMILES string of the molecule is Fc1cccc(F)c1-c1n[nH]c2c1CNC2. The first kappa shape index (κ1) is 9.47. The molecule has 1 aliphatic heterocycles. The van der Waals surface area contributed by atoms with Crippen LogP contribution < -0.4 is 5.32 Å². The molecule has 0 bridgehead atoms. The molecule has 1 aromatic carbocycles. The van der Waals surface area contributed by atoms with Crippen molar-refractivity contribution < 1.29 is 8.78 Å². The van der Waals surface area contributed by atoms with Gasteiger partial charge in [0.05, 0.1) is 11.3 Å². The van der Waals surface area contributed by atoms with Gasteiger partial charge in [-0.1, -0.05) is 6.07 Å². The Morgan fingerprint density at radius 1 is 1.12 bits per heavy atom. The van der Waals surface area contributed by atoms with Crippen LogP contribution in [0, 0.1) is 11.6 Å². The zero-order valence-corrected chi connectivity index (χ0v) is 8.35. The molecule has 1 aliphatic rings. The van der Waals surface area contributed by atoms with E-state index in [4.69, 9.17) is 0 Å². The average Bonchev–Trinajstić information content (AvgIpc) is 2.81. The molecule has 82 valence electrons. The van der Waals surface area contributed by atoms with Gasteiger partial charge in [0.25, 0.3) is 0 Å². The minimum Gasteiger partial charge on any atom is -0.307 e. The predicted molar refractivity (Wildman–Crippen MR) is 54.5 cm³/mol. The summed E-state index contributed by atoms with van der Waals surface area (Å²) in [6, 6.07) is 3.82. The summed E-state index contributed by atoms with van der Waals surface area (Å²) in [6.45, 7) is 1.26. The van der Waals surface area contributed by atoms with Crippen molar-refractivity contribution in [3.8, 4) is 11.3 Å². The van der Waals surface area contributed by atoms with E-state index in [9.17, 15) is 8.78 Å². The maximum atomic E-state index is 13.6. The lowest BCUT2D eigenvalue weighted by molar-refractivity contribution is 0.588. The largest absolute Gasteiger partial charge is 0.307 e. The number of hydrogen-bond donors (Lipinski definition) is 2. The van der Waals surface area contributed by atoms with Gasteiger partial charge in [-0.15, -0.1) is 0 Å². The third-order valence-electron chi connectivity index (χ3n) is 2.76. The monoisotopic (exact) mass is 221 g/mol. The summed E-state index contributed by atoms with van der Waals surface area (Å²) in [5.41, 5.74) is 2.07. The summed E-state index contributed by atoms with van der Waals surface area (Å²) in [4.78, 5) is 0. The van der Waals surface area contributed by atoms with Crippen molar-refractivity contribution in [3.05, 3.63) is 41.1 Å². The first-order valence-electron chi connectivity index (χ1n) is 4.98. The lowest BCUT2D eigenvalue weighted by Gasteiger charge is -2.03.